The van der Waals surface area contributed by atoms with Gasteiger partial charge in [-0.05, 0) is 72.5 Å². The number of carbonyl (C=O) groups excluding carboxylic acids is 1. The van der Waals surface area contributed by atoms with Gasteiger partial charge in [0.15, 0.2) is 5.79 Å². The lowest BCUT2D eigenvalue weighted by Gasteiger charge is -2.59. The van der Waals surface area contributed by atoms with Gasteiger partial charge in [0.25, 0.3) is 0 Å². The van der Waals surface area contributed by atoms with E-state index in [0.717, 1.165) is 45.1 Å². The predicted molar refractivity (Wildman–Crippen MR) is 120 cm³/mol. The van der Waals surface area contributed by atoms with Gasteiger partial charge in [-0.1, -0.05) is 27.7 Å². The minimum atomic E-state index is -0.754. The summed E-state index contributed by atoms with van der Waals surface area (Å²) in [5, 5.41) is 9.81. The van der Waals surface area contributed by atoms with Crippen molar-refractivity contribution in [2.75, 3.05) is 6.61 Å². The normalized spacial score (nSPS) is 57.2. The van der Waals surface area contributed by atoms with E-state index < -0.39 is 11.8 Å². The van der Waals surface area contributed by atoms with Crippen molar-refractivity contribution < 1.29 is 28.9 Å². The molecule has 12 unspecified atom stereocenters. The molecule has 3 aliphatic carbocycles. The zero-order valence-electron chi connectivity index (χ0n) is 20.5. The van der Waals surface area contributed by atoms with Crippen molar-refractivity contribution in [2.45, 2.75) is 97.1 Å². The number of hydrogen-bond donors (Lipinski definition) is 1. The predicted octanol–water partition coefficient (Wildman–Crippen LogP) is 4.65. The molecule has 6 rings (SSSR count). The van der Waals surface area contributed by atoms with Crippen molar-refractivity contribution in [1.29, 1.82) is 0 Å². The Bertz CT molecular complexity index is 848. The molecule has 0 bridgehead atoms. The van der Waals surface area contributed by atoms with Crippen LogP contribution in [0.1, 0.15) is 79.1 Å². The molecule has 6 aliphatic rings. The Morgan fingerprint density at radius 2 is 1.85 bits per heavy atom. The fourth-order valence-corrected chi connectivity index (χ4v) is 10.1. The van der Waals surface area contributed by atoms with Gasteiger partial charge >= 0.3 is 11.9 Å². The Morgan fingerprint density at radius 1 is 1.06 bits per heavy atom. The van der Waals surface area contributed by atoms with Crippen molar-refractivity contribution >= 4 is 11.9 Å². The summed E-state index contributed by atoms with van der Waals surface area (Å²) in [7, 11) is 0. The maximum atomic E-state index is 12.3. The molecule has 0 aromatic heterocycles. The number of hydrogen-bond acceptors (Lipinski definition) is 5. The van der Waals surface area contributed by atoms with Crippen LogP contribution in [0.3, 0.4) is 0 Å². The highest BCUT2D eigenvalue weighted by atomic mass is 16.7. The molecule has 184 valence electrons. The Kier molecular flexibility index (Phi) is 4.87. The summed E-state index contributed by atoms with van der Waals surface area (Å²) in [5.74, 6) is 1.38. The number of aliphatic carboxylic acids is 1. The highest BCUT2D eigenvalue weighted by Crippen LogP contribution is 2.71. The number of carboxylic acids is 1. The lowest BCUT2D eigenvalue weighted by molar-refractivity contribution is -0.273. The van der Waals surface area contributed by atoms with E-state index in [-0.39, 0.29) is 41.3 Å². The molecule has 6 fully saturated rings. The quantitative estimate of drug-likeness (QED) is 0.604. The summed E-state index contributed by atoms with van der Waals surface area (Å²) in [5.41, 5.74) is -0.221. The van der Waals surface area contributed by atoms with Gasteiger partial charge in [0.05, 0.1) is 25.6 Å². The molecule has 6 nitrogen and oxygen atoms in total. The molecule has 12 atom stereocenters. The minimum Gasteiger partial charge on any atom is -0.481 e. The maximum Gasteiger partial charge on any atom is 0.306 e. The van der Waals surface area contributed by atoms with Gasteiger partial charge in [0, 0.05) is 18.3 Å². The Labute approximate surface area is 197 Å². The average Bonchev–Trinajstić information content (AvgIpc) is 3.34. The second-order valence-electron chi connectivity index (χ2n) is 13.0. The van der Waals surface area contributed by atoms with E-state index in [2.05, 4.69) is 27.7 Å². The van der Waals surface area contributed by atoms with Crippen LogP contribution in [0.5, 0.6) is 0 Å². The molecule has 1 spiro atoms. The van der Waals surface area contributed by atoms with Gasteiger partial charge < -0.3 is 19.3 Å². The van der Waals surface area contributed by atoms with Crippen LogP contribution in [0.4, 0.5) is 0 Å². The summed E-state index contributed by atoms with van der Waals surface area (Å²) >= 11 is 0. The molecule has 0 aromatic carbocycles. The molecule has 3 heterocycles. The van der Waals surface area contributed by atoms with E-state index in [0.29, 0.717) is 41.9 Å². The number of rotatable bonds is 2. The third-order valence-corrected chi connectivity index (χ3v) is 11.6. The Morgan fingerprint density at radius 3 is 2.55 bits per heavy atom. The first-order valence-corrected chi connectivity index (χ1v) is 13.3. The van der Waals surface area contributed by atoms with Crippen molar-refractivity contribution in [3.8, 4) is 0 Å². The van der Waals surface area contributed by atoms with Crippen LogP contribution >= 0.6 is 0 Å². The Balaban J connectivity index is 1.31. The summed E-state index contributed by atoms with van der Waals surface area (Å²) in [4.78, 5) is 24.2. The fourth-order valence-electron chi connectivity index (χ4n) is 10.1. The SMILES string of the molecule is CC1CCC2(OC1)OC1CC3C4CC5OC(=O)CC5C(C)(CC(=O)O)C4CCC3(C)C1C2C. The van der Waals surface area contributed by atoms with Gasteiger partial charge in [-0.3, -0.25) is 9.59 Å². The molecule has 6 heteroatoms. The van der Waals surface area contributed by atoms with E-state index in [9.17, 15) is 14.7 Å². The highest BCUT2D eigenvalue weighted by molar-refractivity contribution is 5.73. The third kappa shape index (κ3) is 2.98. The monoisotopic (exact) mass is 460 g/mol. The van der Waals surface area contributed by atoms with E-state index in [4.69, 9.17) is 14.2 Å². The lowest BCUT2D eigenvalue weighted by Crippen LogP contribution is -2.56. The van der Waals surface area contributed by atoms with Crippen LogP contribution in [-0.2, 0) is 23.8 Å². The molecule has 0 radical (unpaired) electrons. The molecule has 0 amide bonds. The first-order valence-electron chi connectivity index (χ1n) is 13.3. The molecule has 33 heavy (non-hydrogen) atoms. The van der Waals surface area contributed by atoms with Gasteiger partial charge in [0.2, 0.25) is 0 Å². The van der Waals surface area contributed by atoms with E-state index in [1.807, 2.05) is 0 Å². The van der Waals surface area contributed by atoms with Gasteiger partial charge in [-0.25, -0.2) is 0 Å². The summed E-state index contributed by atoms with van der Waals surface area (Å²) < 4.78 is 19.1. The summed E-state index contributed by atoms with van der Waals surface area (Å²) in [6, 6.07) is 0. The van der Waals surface area contributed by atoms with Crippen LogP contribution in [0, 0.1) is 52.3 Å². The first kappa shape index (κ1) is 22.3. The van der Waals surface area contributed by atoms with Crippen LogP contribution < -0.4 is 0 Å². The first-order chi connectivity index (χ1) is 15.6. The Hall–Kier alpha value is -1.14. The van der Waals surface area contributed by atoms with Crippen molar-refractivity contribution in [2.24, 2.45) is 52.3 Å². The minimum absolute atomic E-state index is 0.0312. The molecular formula is C27H40O6. The number of ether oxygens (including phenoxy) is 3. The second kappa shape index (κ2) is 7.19. The molecule has 1 N–H and O–H groups in total. The van der Waals surface area contributed by atoms with Crippen molar-refractivity contribution in [1.82, 2.24) is 0 Å². The van der Waals surface area contributed by atoms with Crippen molar-refractivity contribution in [3.05, 3.63) is 0 Å². The maximum absolute atomic E-state index is 12.3. The molecular weight excluding hydrogens is 420 g/mol. The second-order valence-corrected chi connectivity index (χ2v) is 13.0. The van der Waals surface area contributed by atoms with E-state index >= 15 is 0 Å². The zero-order chi connectivity index (χ0) is 23.3. The zero-order valence-corrected chi connectivity index (χ0v) is 20.5. The highest BCUT2D eigenvalue weighted by Gasteiger charge is 2.70. The van der Waals surface area contributed by atoms with Crippen LogP contribution in [0.15, 0.2) is 0 Å². The van der Waals surface area contributed by atoms with Crippen LogP contribution in [0.25, 0.3) is 0 Å². The third-order valence-electron chi connectivity index (χ3n) is 11.6. The van der Waals surface area contributed by atoms with Gasteiger partial charge in [-0.15, -0.1) is 0 Å². The number of carbonyl (C=O) groups is 2. The van der Waals surface area contributed by atoms with E-state index in [1.54, 1.807) is 0 Å². The lowest BCUT2D eigenvalue weighted by atomic mass is 9.45. The molecule has 3 saturated heterocycles. The molecule has 3 aliphatic heterocycles. The summed E-state index contributed by atoms with van der Waals surface area (Å²) in [6.07, 6.45) is 6.83. The van der Waals surface area contributed by atoms with Gasteiger partial charge in [0.1, 0.15) is 6.10 Å². The van der Waals surface area contributed by atoms with E-state index in [1.165, 1.54) is 0 Å². The van der Waals surface area contributed by atoms with Crippen LogP contribution in [0.2, 0.25) is 0 Å². The fraction of sp³-hybridized carbons (Fsp3) is 0.926. The topological polar surface area (TPSA) is 82.1 Å². The number of esters is 1. The smallest absolute Gasteiger partial charge is 0.306 e. The largest absolute Gasteiger partial charge is 0.481 e. The standard InChI is InChI=1S/C27H40O6/c1-14-5-8-27(31-13-14)15(2)24-21(33-27)10-18-16-9-20-19(11-23(30)32-20)26(4,12-22(28)29)17(16)6-7-25(18,24)3/h14-21,24H,5-13H2,1-4H3,(H,28,29). The van der Waals surface area contributed by atoms with Crippen molar-refractivity contribution in [3.63, 3.8) is 0 Å². The molecule has 0 aromatic rings. The average molecular weight is 461 g/mol. The van der Waals surface area contributed by atoms with Crippen LogP contribution in [-0.4, -0.2) is 41.6 Å². The number of fused-ring (bicyclic) bond motifs is 6. The van der Waals surface area contributed by atoms with Gasteiger partial charge in [-0.2, -0.15) is 0 Å². The molecule has 3 saturated carbocycles. The number of carboxylic acid groups (broad SMARTS) is 1. The summed E-state index contributed by atoms with van der Waals surface area (Å²) in [6.45, 7) is 10.0.